The third kappa shape index (κ3) is 2.64. The maximum Gasteiger partial charge on any atom is 0.269 e. The van der Waals surface area contributed by atoms with Crippen LogP contribution in [-0.2, 0) is 12.8 Å². The molecule has 0 radical (unpaired) electrons. The molecule has 1 aliphatic rings. The lowest BCUT2D eigenvalue weighted by atomic mass is 10.0. The van der Waals surface area contributed by atoms with Crippen LogP contribution >= 0.6 is 0 Å². The van der Waals surface area contributed by atoms with Crippen LogP contribution in [0.15, 0.2) is 18.2 Å². The molecule has 17 heavy (non-hydrogen) atoms. The first-order valence-corrected chi connectivity index (χ1v) is 6.08. The van der Waals surface area contributed by atoms with E-state index in [1.807, 2.05) is 6.07 Å². The standard InChI is InChI=1S/C13H18N2O2/c1-10(2)14-7-5-11-3-4-13(15(16)17)9-12(11)6-8-14/h3-4,9-10H,5-8H2,1-2H3. The van der Waals surface area contributed by atoms with Crippen molar-refractivity contribution in [3.8, 4) is 0 Å². The van der Waals surface area contributed by atoms with Gasteiger partial charge in [0.1, 0.15) is 0 Å². The highest BCUT2D eigenvalue weighted by Gasteiger charge is 2.18. The lowest BCUT2D eigenvalue weighted by molar-refractivity contribution is -0.384. The molecule has 2 rings (SSSR count). The summed E-state index contributed by atoms with van der Waals surface area (Å²) in [6.45, 7) is 6.42. The Balaban J connectivity index is 2.22. The lowest BCUT2D eigenvalue weighted by Gasteiger charge is -2.23. The molecule has 0 aromatic heterocycles. The summed E-state index contributed by atoms with van der Waals surface area (Å²) in [5, 5.41) is 10.7. The Bertz CT molecular complexity index is 429. The van der Waals surface area contributed by atoms with E-state index in [9.17, 15) is 10.1 Å². The minimum atomic E-state index is -0.314. The highest BCUT2D eigenvalue weighted by Crippen LogP contribution is 2.22. The van der Waals surface area contributed by atoms with Crippen molar-refractivity contribution in [2.24, 2.45) is 0 Å². The Morgan fingerprint density at radius 1 is 1.24 bits per heavy atom. The summed E-state index contributed by atoms with van der Waals surface area (Å²) in [7, 11) is 0. The van der Waals surface area contributed by atoms with Gasteiger partial charge in [-0.1, -0.05) is 6.07 Å². The second-order valence-electron chi connectivity index (χ2n) is 4.84. The summed E-state index contributed by atoms with van der Waals surface area (Å²) in [6.07, 6.45) is 1.90. The predicted molar refractivity (Wildman–Crippen MR) is 67.2 cm³/mol. The van der Waals surface area contributed by atoms with E-state index in [1.165, 1.54) is 5.56 Å². The fourth-order valence-corrected chi connectivity index (χ4v) is 2.36. The van der Waals surface area contributed by atoms with E-state index in [0.29, 0.717) is 6.04 Å². The Morgan fingerprint density at radius 3 is 2.47 bits per heavy atom. The van der Waals surface area contributed by atoms with Gasteiger partial charge in [-0.3, -0.25) is 10.1 Å². The molecule has 0 fully saturated rings. The van der Waals surface area contributed by atoms with Crippen molar-refractivity contribution in [3.05, 3.63) is 39.4 Å². The van der Waals surface area contributed by atoms with Gasteiger partial charge in [0.15, 0.2) is 0 Å². The number of rotatable bonds is 2. The number of benzene rings is 1. The van der Waals surface area contributed by atoms with E-state index in [4.69, 9.17) is 0 Å². The van der Waals surface area contributed by atoms with Gasteiger partial charge in [0.05, 0.1) is 4.92 Å². The maximum absolute atomic E-state index is 10.7. The van der Waals surface area contributed by atoms with E-state index < -0.39 is 0 Å². The lowest BCUT2D eigenvalue weighted by Crippen LogP contribution is -2.32. The van der Waals surface area contributed by atoms with Gasteiger partial charge in [-0.2, -0.15) is 0 Å². The molecule has 4 heteroatoms. The molecular weight excluding hydrogens is 216 g/mol. The van der Waals surface area contributed by atoms with E-state index in [0.717, 1.165) is 31.5 Å². The quantitative estimate of drug-likeness (QED) is 0.583. The van der Waals surface area contributed by atoms with E-state index in [1.54, 1.807) is 12.1 Å². The molecule has 1 aromatic carbocycles. The molecule has 0 unspecified atom stereocenters. The molecule has 0 bridgehead atoms. The van der Waals surface area contributed by atoms with Crippen LogP contribution in [0.25, 0.3) is 0 Å². The Morgan fingerprint density at radius 2 is 1.88 bits per heavy atom. The van der Waals surface area contributed by atoms with Crippen LogP contribution in [0.5, 0.6) is 0 Å². The molecule has 1 heterocycles. The van der Waals surface area contributed by atoms with Crippen molar-refractivity contribution in [3.63, 3.8) is 0 Å². The fourth-order valence-electron chi connectivity index (χ4n) is 2.36. The van der Waals surface area contributed by atoms with Crippen LogP contribution in [0.3, 0.4) is 0 Å². The average Bonchev–Trinajstić information content (AvgIpc) is 2.50. The number of fused-ring (bicyclic) bond motifs is 1. The highest BCUT2D eigenvalue weighted by molar-refractivity contribution is 5.40. The second kappa shape index (κ2) is 4.84. The number of hydrogen-bond acceptors (Lipinski definition) is 3. The summed E-state index contributed by atoms with van der Waals surface area (Å²) >= 11 is 0. The van der Waals surface area contributed by atoms with Crippen LogP contribution in [0.1, 0.15) is 25.0 Å². The Labute approximate surface area is 101 Å². The van der Waals surface area contributed by atoms with Crippen LogP contribution < -0.4 is 0 Å². The monoisotopic (exact) mass is 234 g/mol. The zero-order valence-corrected chi connectivity index (χ0v) is 10.3. The third-order valence-electron chi connectivity index (χ3n) is 3.47. The van der Waals surface area contributed by atoms with Crippen LogP contribution in [0, 0.1) is 10.1 Å². The second-order valence-corrected chi connectivity index (χ2v) is 4.84. The minimum absolute atomic E-state index is 0.210. The normalized spacial score (nSPS) is 16.6. The topological polar surface area (TPSA) is 46.4 Å². The van der Waals surface area contributed by atoms with Gasteiger partial charge in [0.25, 0.3) is 5.69 Å². The predicted octanol–water partition coefficient (Wildman–Crippen LogP) is 2.40. The van der Waals surface area contributed by atoms with E-state index >= 15 is 0 Å². The summed E-state index contributed by atoms with van der Waals surface area (Å²) in [5.74, 6) is 0. The van der Waals surface area contributed by atoms with Crippen molar-refractivity contribution < 1.29 is 4.92 Å². The molecule has 0 saturated heterocycles. The first kappa shape index (κ1) is 12.0. The summed E-state index contributed by atoms with van der Waals surface area (Å²) in [6, 6.07) is 5.81. The SMILES string of the molecule is CC(C)N1CCc2ccc([N+](=O)[O-])cc2CC1. The maximum atomic E-state index is 10.7. The molecule has 0 N–H and O–H groups in total. The van der Waals surface area contributed by atoms with Gasteiger partial charge in [0, 0.05) is 31.3 Å². The van der Waals surface area contributed by atoms with Crippen LogP contribution in [0.4, 0.5) is 5.69 Å². The summed E-state index contributed by atoms with van der Waals surface area (Å²) in [4.78, 5) is 12.8. The van der Waals surface area contributed by atoms with Crippen molar-refractivity contribution in [1.29, 1.82) is 0 Å². The molecule has 0 saturated carbocycles. The first-order valence-electron chi connectivity index (χ1n) is 6.08. The third-order valence-corrected chi connectivity index (χ3v) is 3.47. The fraction of sp³-hybridized carbons (Fsp3) is 0.538. The molecular formula is C13H18N2O2. The zero-order valence-electron chi connectivity index (χ0n) is 10.3. The van der Waals surface area contributed by atoms with Crippen LogP contribution in [0.2, 0.25) is 0 Å². The minimum Gasteiger partial charge on any atom is -0.300 e. The largest absolute Gasteiger partial charge is 0.300 e. The van der Waals surface area contributed by atoms with E-state index in [-0.39, 0.29) is 10.6 Å². The van der Waals surface area contributed by atoms with Gasteiger partial charge in [-0.25, -0.2) is 0 Å². The number of hydrogen-bond donors (Lipinski definition) is 0. The van der Waals surface area contributed by atoms with Gasteiger partial charge in [0.2, 0.25) is 0 Å². The van der Waals surface area contributed by atoms with Crippen molar-refractivity contribution in [2.45, 2.75) is 32.7 Å². The number of nitro groups is 1. The molecule has 0 aliphatic carbocycles. The van der Waals surface area contributed by atoms with Crippen molar-refractivity contribution >= 4 is 5.69 Å². The number of nitro benzene ring substituents is 1. The summed E-state index contributed by atoms with van der Waals surface area (Å²) in [5.41, 5.74) is 2.61. The zero-order chi connectivity index (χ0) is 12.4. The van der Waals surface area contributed by atoms with Gasteiger partial charge < -0.3 is 4.90 Å². The molecule has 1 aromatic rings. The smallest absolute Gasteiger partial charge is 0.269 e. The number of nitrogens with zero attached hydrogens (tertiary/aromatic N) is 2. The molecule has 0 spiro atoms. The average molecular weight is 234 g/mol. The van der Waals surface area contributed by atoms with Crippen LogP contribution in [-0.4, -0.2) is 29.0 Å². The highest BCUT2D eigenvalue weighted by atomic mass is 16.6. The Hall–Kier alpha value is -1.42. The molecule has 1 aliphatic heterocycles. The van der Waals surface area contributed by atoms with E-state index in [2.05, 4.69) is 18.7 Å². The van der Waals surface area contributed by atoms with Crippen molar-refractivity contribution in [1.82, 2.24) is 4.90 Å². The Kier molecular flexibility index (Phi) is 3.43. The summed E-state index contributed by atoms with van der Waals surface area (Å²) < 4.78 is 0. The van der Waals surface area contributed by atoms with Gasteiger partial charge in [-0.05, 0) is 37.8 Å². The molecule has 92 valence electrons. The van der Waals surface area contributed by atoms with Crippen molar-refractivity contribution in [2.75, 3.05) is 13.1 Å². The first-order chi connectivity index (χ1) is 8.08. The molecule has 4 nitrogen and oxygen atoms in total. The van der Waals surface area contributed by atoms with Gasteiger partial charge in [-0.15, -0.1) is 0 Å². The van der Waals surface area contributed by atoms with Gasteiger partial charge >= 0.3 is 0 Å². The molecule has 0 atom stereocenters. The number of non-ortho nitro benzene ring substituents is 1. The molecule has 0 amide bonds.